The van der Waals surface area contributed by atoms with E-state index in [2.05, 4.69) is 4.18 Å². The van der Waals surface area contributed by atoms with Crippen LogP contribution in [-0.2, 0) is 32.6 Å². The Hall–Kier alpha value is -4.40. The van der Waals surface area contributed by atoms with E-state index in [0.717, 1.165) is 18.8 Å². The minimum absolute atomic E-state index is 0.0521. The van der Waals surface area contributed by atoms with Gasteiger partial charge in [-0.2, -0.15) is 21.6 Å². The molecular formula is C26H26F3NO10S. The van der Waals surface area contributed by atoms with E-state index < -0.39 is 50.3 Å². The lowest BCUT2D eigenvalue weighted by Crippen LogP contribution is -2.29. The Labute approximate surface area is 233 Å². The van der Waals surface area contributed by atoms with Gasteiger partial charge in [0.1, 0.15) is 11.4 Å². The largest absolute Gasteiger partial charge is 0.534 e. The molecule has 1 aromatic heterocycles. The molecule has 0 aliphatic carbocycles. The summed E-state index contributed by atoms with van der Waals surface area (Å²) in [6, 6.07) is 10.6. The standard InChI is InChI=1S/C26H26F3NO10S/c1-35-17-9-6-15(7-10-17)12-13-30-21(24(31)38-4)20(16-8-11-18(36-2)19(14-16)37-3)23(22(30)25(32)39-5)40-41(33,34)26(27,28)29/h6-11,14H,12-13H2,1-5H3. The number of esters is 2. The monoisotopic (exact) mass is 601 g/mol. The van der Waals surface area contributed by atoms with E-state index in [4.69, 9.17) is 23.7 Å². The van der Waals surface area contributed by atoms with E-state index in [1.807, 2.05) is 0 Å². The minimum atomic E-state index is -6.33. The molecule has 0 bridgehead atoms. The molecule has 0 aliphatic rings. The highest BCUT2D eigenvalue weighted by molar-refractivity contribution is 7.88. The van der Waals surface area contributed by atoms with Gasteiger partial charge in [-0.1, -0.05) is 18.2 Å². The number of halogens is 3. The molecule has 0 unspecified atom stereocenters. The van der Waals surface area contributed by atoms with E-state index in [1.165, 1.54) is 39.5 Å². The Balaban J connectivity index is 2.40. The summed E-state index contributed by atoms with van der Waals surface area (Å²) in [6.45, 7) is -0.211. The summed E-state index contributed by atoms with van der Waals surface area (Å²) in [5, 5.41) is 0. The number of hydrogen-bond donors (Lipinski definition) is 0. The van der Waals surface area contributed by atoms with Crippen LogP contribution in [0.5, 0.6) is 23.0 Å². The summed E-state index contributed by atoms with van der Waals surface area (Å²) in [6.07, 6.45) is 0.128. The van der Waals surface area contributed by atoms with Gasteiger partial charge in [0, 0.05) is 6.54 Å². The number of carbonyl (C=O) groups excluding carboxylic acids is 2. The van der Waals surface area contributed by atoms with Crippen LogP contribution in [0.25, 0.3) is 11.1 Å². The van der Waals surface area contributed by atoms with E-state index in [1.54, 1.807) is 24.3 Å². The van der Waals surface area contributed by atoms with Gasteiger partial charge in [-0.3, -0.25) is 0 Å². The molecule has 2 aromatic carbocycles. The second-order valence-corrected chi connectivity index (χ2v) is 9.72. The van der Waals surface area contributed by atoms with Crippen molar-refractivity contribution in [2.45, 2.75) is 18.5 Å². The summed E-state index contributed by atoms with van der Waals surface area (Å²) in [4.78, 5) is 26.1. The highest BCUT2D eigenvalue weighted by atomic mass is 32.2. The molecule has 15 heteroatoms. The lowest BCUT2D eigenvalue weighted by atomic mass is 10.0. The normalized spacial score (nSPS) is 11.5. The molecule has 3 rings (SSSR count). The molecule has 11 nitrogen and oxygen atoms in total. The number of hydrogen-bond acceptors (Lipinski definition) is 10. The first-order chi connectivity index (χ1) is 19.3. The molecule has 0 spiro atoms. The smallest absolute Gasteiger partial charge is 0.497 e. The van der Waals surface area contributed by atoms with Gasteiger partial charge in [0.05, 0.1) is 41.1 Å². The molecule has 0 saturated heterocycles. The second kappa shape index (κ2) is 12.4. The van der Waals surface area contributed by atoms with Gasteiger partial charge in [-0.05, 0) is 41.8 Å². The maximum absolute atomic E-state index is 13.5. The Kier molecular flexibility index (Phi) is 9.42. The van der Waals surface area contributed by atoms with Crippen molar-refractivity contribution in [1.29, 1.82) is 0 Å². The number of carbonyl (C=O) groups is 2. The van der Waals surface area contributed by atoms with Gasteiger partial charge in [-0.15, -0.1) is 0 Å². The molecule has 0 fully saturated rings. The van der Waals surface area contributed by atoms with Crippen molar-refractivity contribution >= 4 is 22.1 Å². The zero-order valence-electron chi connectivity index (χ0n) is 22.5. The number of aryl methyl sites for hydroxylation is 1. The maximum atomic E-state index is 13.5. The van der Waals surface area contributed by atoms with Crippen LogP contribution >= 0.6 is 0 Å². The van der Waals surface area contributed by atoms with Crippen molar-refractivity contribution in [2.75, 3.05) is 35.5 Å². The molecular weight excluding hydrogens is 575 g/mol. The summed E-state index contributed by atoms with van der Waals surface area (Å²) in [7, 11) is -0.287. The third-order valence-electron chi connectivity index (χ3n) is 5.91. The van der Waals surface area contributed by atoms with Gasteiger partial charge in [0.25, 0.3) is 0 Å². The van der Waals surface area contributed by atoms with Crippen LogP contribution in [-0.4, -0.2) is 66.0 Å². The van der Waals surface area contributed by atoms with Crippen molar-refractivity contribution in [1.82, 2.24) is 4.57 Å². The molecule has 0 amide bonds. The Morgan fingerprint density at radius 2 is 1.39 bits per heavy atom. The van der Waals surface area contributed by atoms with E-state index in [0.29, 0.717) is 11.3 Å². The van der Waals surface area contributed by atoms with Crippen LogP contribution in [0.15, 0.2) is 42.5 Å². The fourth-order valence-corrected chi connectivity index (χ4v) is 4.43. The molecule has 0 radical (unpaired) electrons. The maximum Gasteiger partial charge on any atom is 0.534 e. The number of aromatic nitrogens is 1. The quantitative estimate of drug-likeness (QED) is 0.179. The Morgan fingerprint density at radius 1 is 0.805 bits per heavy atom. The van der Waals surface area contributed by atoms with Gasteiger partial charge >= 0.3 is 27.6 Å². The van der Waals surface area contributed by atoms with E-state index in [-0.39, 0.29) is 30.0 Å². The topological polar surface area (TPSA) is 129 Å². The lowest BCUT2D eigenvalue weighted by Gasteiger charge is -2.13. The number of rotatable bonds is 11. The van der Waals surface area contributed by atoms with E-state index >= 15 is 0 Å². The number of nitrogens with zero attached hydrogens (tertiary/aromatic N) is 1. The molecule has 0 atom stereocenters. The zero-order valence-corrected chi connectivity index (χ0v) is 23.3. The van der Waals surface area contributed by atoms with Gasteiger partial charge in [0.15, 0.2) is 22.9 Å². The molecule has 0 N–H and O–H groups in total. The molecule has 1 heterocycles. The Bertz CT molecular complexity index is 1530. The number of methoxy groups -OCH3 is 5. The predicted octanol–water partition coefficient (Wildman–Crippen LogP) is 4.23. The van der Waals surface area contributed by atoms with E-state index in [9.17, 15) is 31.2 Å². The fraction of sp³-hybridized carbons (Fsp3) is 0.308. The first-order valence-electron chi connectivity index (χ1n) is 11.6. The first-order valence-corrected chi connectivity index (χ1v) is 13.0. The highest BCUT2D eigenvalue weighted by Crippen LogP contribution is 2.44. The molecule has 0 saturated carbocycles. The summed E-state index contributed by atoms with van der Waals surface area (Å²) in [5.74, 6) is -2.61. The third kappa shape index (κ3) is 6.34. The lowest BCUT2D eigenvalue weighted by molar-refractivity contribution is -0.0500. The summed E-state index contributed by atoms with van der Waals surface area (Å²) < 4.78 is 95.6. The average Bonchev–Trinajstić information content (AvgIpc) is 3.27. The SMILES string of the molecule is COC(=O)c1c(OS(=O)(=O)C(F)(F)F)c(-c2ccc(OC)c(OC)c2)c(C(=O)OC)n1CCc1ccc(OC)cc1. The molecule has 0 aliphatic heterocycles. The van der Waals surface area contributed by atoms with Gasteiger partial charge < -0.3 is 32.4 Å². The van der Waals surface area contributed by atoms with Crippen LogP contribution in [0.4, 0.5) is 13.2 Å². The van der Waals surface area contributed by atoms with Crippen molar-refractivity contribution in [3.05, 3.63) is 59.4 Å². The van der Waals surface area contributed by atoms with Crippen LogP contribution in [0.3, 0.4) is 0 Å². The van der Waals surface area contributed by atoms with Crippen LogP contribution in [0, 0.1) is 0 Å². The number of alkyl halides is 3. The van der Waals surface area contributed by atoms with Crippen molar-refractivity contribution in [3.8, 4) is 34.1 Å². The van der Waals surface area contributed by atoms with Crippen LogP contribution in [0.1, 0.15) is 26.5 Å². The molecule has 41 heavy (non-hydrogen) atoms. The third-order valence-corrected chi connectivity index (χ3v) is 6.86. The van der Waals surface area contributed by atoms with Crippen LogP contribution < -0.4 is 18.4 Å². The summed E-state index contributed by atoms with van der Waals surface area (Å²) >= 11 is 0. The van der Waals surface area contributed by atoms with Crippen molar-refractivity contribution in [2.24, 2.45) is 0 Å². The fourth-order valence-electron chi connectivity index (χ4n) is 3.96. The molecule has 3 aromatic rings. The zero-order chi connectivity index (χ0) is 30.5. The number of benzene rings is 2. The average molecular weight is 602 g/mol. The van der Waals surface area contributed by atoms with Crippen molar-refractivity contribution in [3.63, 3.8) is 0 Å². The highest BCUT2D eigenvalue weighted by Gasteiger charge is 2.50. The van der Waals surface area contributed by atoms with Crippen LogP contribution in [0.2, 0.25) is 0 Å². The van der Waals surface area contributed by atoms with Crippen molar-refractivity contribution < 1.29 is 59.0 Å². The Morgan fingerprint density at radius 3 is 1.90 bits per heavy atom. The minimum Gasteiger partial charge on any atom is -0.497 e. The number of ether oxygens (including phenoxy) is 5. The molecule has 222 valence electrons. The second-order valence-electron chi connectivity index (χ2n) is 8.19. The predicted molar refractivity (Wildman–Crippen MR) is 138 cm³/mol. The van der Waals surface area contributed by atoms with Gasteiger partial charge in [0.2, 0.25) is 0 Å². The first kappa shape index (κ1) is 31.1. The van der Waals surface area contributed by atoms with Gasteiger partial charge in [-0.25, -0.2) is 9.59 Å². The summed E-state index contributed by atoms with van der Waals surface area (Å²) in [5.41, 5.74) is -6.96.